The molecule has 0 aliphatic heterocycles. The predicted octanol–water partition coefficient (Wildman–Crippen LogP) is 5.97. The highest BCUT2D eigenvalue weighted by Crippen LogP contribution is 2.26. The molecule has 0 N–H and O–H groups in total. The zero-order chi connectivity index (χ0) is 21.2. The van der Waals surface area contributed by atoms with Crippen molar-refractivity contribution in [2.24, 2.45) is 5.10 Å². The standard InChI is InChI=1S/C26H31N3O/c1-4-28(5-2)25-18-17-23(26(19-25)30-6-3)20-27-29(24-15-11-8-12-16-24)21-22-13-9-7-10-14-22/h7-20H,4-6,21H2,1-3H3. The summed E-state index contributed by atoms with van der Waals surface area (Å²) in [6.45, 7) is 9.60. The van der Waals surface area contributed by atoms with Crippen molar-refractivity contribution >= 4 is 17.6 Å². The number of rotatable bonds is 10. The van der Waals surface area contributed by atoms with Gasteiger partial charge >= 0.3 is 0 Å². The number of hydrogen-bond donors (Lipinski definition) is 0. The Morgan fingerprint density at radius 1 is 0.800 bits per heavy atom. The lowest BCUT2D eigenvalue weighted by atomic mass is 10.1. The molecule has 4 heteroatoms. The molecule has 3 aromatic rings. The first-order valence-corrected chi connectivity index (χ1v) is 10.7. The number of hydrogen-bond acceptors (Lipinski definition) is 4. The van der Waals surface area contributed by atoms with Crippen LogP contribution in [0.1, 0.15) is 31.9 Å². The fraction of sp³-hybridized carbons (Fsp3) is 0.269. The van der Waals surface area contributed by atoms with Gasteiger partial charge in [0.25, 0.3) is 0 Å². The van der Waals surface area contributed by atoms with Crippen LogP contribution in [0.3, 0.4) is 0 Å². The topological polar surface area (TPSA) is 28.1 Å². The molecule has 156 valence electrons. The Bertz CT molecular complexity index is 922. The molecule has 0 aliphatic rings. The highest BCUT2D eigenvalue weighted by atomic mass is 16.5. The number of benzene rings is 3. The third-order valence-electron chi connectivity index (χ3n) is 4.99. The third-order valence-corrected chi connectivity index (χ3v) is 4.99. The molecule has 0 atom stereocenters. The van der Waals surface area contributed by atoms with Crippen molar-refractivity contribution in [2.45, 2.75) is 27.3 Å². The fourth-order valence-corrected chi connectivity index (χ4v) is 3.38. The van der Waals surface area contributed by atoms with Crippen LogP contribution in [-0.2, 0) is 6.54 Å². The summed E-state index contributed by atoms with van der Waals surface area (Å²) in [5, 5.41) is 6.85. The van der Waals surface area contributed by atoms with Crippen molar-refractivity contribution < 1.29 is 4.74 Å². The van der Waals surface area contributed by atoms with E-state index in [4.69, 9.17) is 9.84 Å². The highest BCUT2D eigenvalue weighted by molar-refractivity contribution is 5.85. The second kappa shape index (κ2) is 11.1. The van der Waals surface area contributed by atoms with Gasteiger partial charge in [0.15, 0.2) is 0 Å². The minimum atomic E-state index is 0.620. The first-order valence-electron chi connectivity index (χ1n) is 10.7. The summed E-state index contributed by atoms with van der Waals surface area (Å²) in [6.07, 6.45) is 1.90. The second-order valence-corrected chi connectivity index (χ2v) is 6.95. The Morgan fingerprint density at radius 2 is 1.47 bits per heavy atom. The minimum absolute atomic E-state index is 0.620. The Labute approximate surface area is 180 Å². The Hall–Kier alpha value is -3.27. The van der Waals surface area contributed by atoms with Crippen LogP contribution in [0.4, 0.5) is 11.4 Å². The van der Waals surface area contributed by atoms with Gasteiger partial charge in [-0.2, -0.15) is 5.10 Å². The van der Waals surface area contributed by atoms with Crippen molar-refractivity contribution in [3.05, 3.63) is 90.0 Å². The van der Waals surface area contributed by atoms with Crippen LogP contribution in [0.5, 0.6) is 5.75 Å². The SMILES string of the molecule is CCOc1cc(N(CC)CC)ccc1C=NN(Cc1ccccc1)c1ccccc1. The van der Waals surface area contributed by atoms with Crippen LogP contribution in [-0.4, -0.2) is 25.9 Å². The fourth-order valence-electron chi connectivity index (χ4n) is 3.38. The Kier molecular flexibility index (Phi) is 7.90. The molecule has 0 bridgehead atoms. The van der Waals surface area contributed by atoms with Crippen LogP contribution in [0.15, 0.2) is 84.0 Å². The van der Waals surface area contributed by atoms with Crippen LogP contribution < -0.4 is 14.6 Å². The van der Waals surface area contributed by atoms with Crippen molar-refractivity contribution in [3.8, 4) is 5.75 Å². The molecule has 4 nitrogen and oxygen atoms in total. The summed E-state index contributed by atoms with van der Waals surface area (Å²) in [7, 11) is 0. The smallest absolute Gasteiger partial charge is 0.130 e. The third kappa shape index (κ3) is 5.63. The normalized spacial score (nSPS) is 10.9. The van der Waals surface area contributed by atoms with Gasteiger partial charge in [0.05, 0.1) is 25.1 Å². The molecule has 0 saturated heterocycles. The summed E-state index contributed by atoms with van der Waals surface area (Å²) < 4.78 is 5.94. The first-order chi connectivity index (χ1) is 14.7. The van der Waals surface area contributed by atoms with E-state index in [1.807, 2.05) is 42.4 Å². The number of ether oxygens (including phenoxy) is 1. The van der Waals surface area contributed by atoms with E-state index in [0.717, 1.165) is 30.1 Å². The van der Waals surface area contributed by atoms with Crippen molar-refractivity contribution in [3.63, 3.8) is 0 Å². The maximum absolute atomic E-state index is 5.94. The number of nitrogens with zero attached hydrogens (tertiary/aromatic N) is 3. The molecule has 3 rings (SSSR count). The van der Waals surface area contributed by atoms with E-state index >= 15 is 0 Å². The second-order valence-electron chi connectivity index (χ2n) is 6.95. The minimum Gasteiger partial charge on any atom is -0.493 e. The van der Waals surface area contributed by atoms with E-state index in [1.54, 1.807) is 0 Å². The van der Waals surface area contributed by atoms with Gasteiger partial charge in [0.2, 0.25) is 0 Å². The van der Waals surface area contributed by atoms with Crippen molar-refractivity contribution in [2.75, 3.05) is 29.6 Å². The Morgan fingerprint density at radius 3 is 2.10 bits per heavy atom. The summed E-state index contributed by atoms with van der Waals surface area (Å²) in [5.41, 5.74) is 4.40. The largest absolute Gasteiger partial charge is 0.493 e. The molecule has 0 radical (unpaired) electrons. The van der Waals surface area contributed by atoms with Gasteiger partial charge in [-0.25, -0.2) is 0 Å². The molecule has 0 unspecified atom stereocenters. The van der Waals surface area contributed by atoms with Gasteiger partial charge < -0.3 is 9.64 Å². The maximum Gasteiger partial charge on any atom is 0.130 e. The lowest BCUT2D eigenvalue weighted by Gasteiger charge is -2.22. The highest BCUT2D eigenvalue weighted by Gasteiger charge is 2.09. The molecule has 0 spiro atoms. The van der Waals surface area contributed by atoms with Gasteiger partial charge in [-0.3, -0.25) is 5.01 Å². The molecule has 0 fully saturated rings. The first kappa shape index (κ1) is 21.4. The molecule has 0 aromatic heterocycles. The van der Waals surface area contributed by atoms with Crippen molar-refractivity contribution in [1.82, 2.24) is 0 Å². The lowest BCUT2D eigenvalue weighted by molar-refractivity contribution is 0.340. The van der Waals surface area contributed by atoms with E-state index in [0.29, 0.717) is 13.2 Å². The average molecular weight is 402 g/mol. The summed E-state index contributed by atoms with van der Waals surface area (Å²) in [6, 6.07) is 27.0. The summed E-state index contributed by atoms with van der Waals surface area (Å²) in [4.78, 5) is 2.31. The quantitative estimate of drug-likeness (QED) is 0.309. The van der Waals surface area contributed by atoms with Gasteiger partial charge in [-0.15, -0.1) is 0 Å². The molecule has 3 aromatic carbocycles. The van der Waals surface area contributed by atoms with E-state index < -0.39 is 0 Å². The molecule has 0 saturated carbocycles. The van der Waals surface area contributed by atoms with Crippen LogP contribution in [0.2, 0.25) is 0 Å². The van der Waals surface area contributed by atoms with Crippen molar-refractivity contribution in [1.29, 1.82) is 0 Å². The van der Waals surface area contributed by atoms with Gasteiger partial charge in [-0.1, -0.05) is 48.5 Å². The van der Waals surface area contributed by atoms with Crippen LogP contribution >= 0.6 is 0 Å². The van der Waals surface area contributed by atoms with E-state index in [-0.39, 0.29) is 0 Å². The molecular formula is C26H31N3O. The molecule has 0 aliphatic carbocycles. The van der Waals surface area contributed by atoms with Crippen LogP contribution in [0.25, 0.3) is 0 Å². The van der Waals surface area contributed by atoms with Gasteiger partial charge in [-0.05, 0) is 50.6 Å². The maximum atomic E-state index is 5.94. The average Bonchev–Trinajstić information content (AvgIpc) is 2.80. The summed E-state index contributed by atoms with van der Waals surface area (Å²) in [5.74, 6) is 0.860. The number of hydrazone groups is 1. The lowest BCUT2D eigenvalue weighted by Crippen LogP contribution is -2.21. The Balaban J connectivity index is 1.90. The zero-order valence-corrected chi connectivity index (χ0v) is 18.2. The van der Waals surface area contributed by atoms with Gasteiger partial charge in [0, 0.05) is 30.4 Å². The van der Waals surface area contributed by atoms with E-state index in [2.05, 4.69) is 73.3 Å². The van der Waals surface area contributed by atoms with Gasteiger partial charge in [0.1, 0.15) is 5.75 Å². The number of para-hydroxylation sites is 1. The molecule has 0 amide bonds. The monoisotopic (exact) mass is 401 g/mol. The summed E-state index contributed by atoms with van der Waals surface area (Å²) >= 11 is 0. The van der Waals surface area contributed by atoms with E-state index in [1.165, 1.54) is 11.3 Å². The molecular weight excluding hydrogens is 370 g/mol. The molecule has 0 heterocycles. The molecule has 30 heavy (non-hydrogen) atoms. The zero-order valence-electron chi connectivity index (χ0n) is 18.2. The van der Waals surface area contributed by atoms with E-state index in [9.17, 15) is 0 Å². The predicted molar refractivity (Wildman–Crippen MR) is 128 cm³/mol. The number of anilines is 2. The van der Waals surface area contributed by atoms with Crippen LogP contribution in [0, 0.1) is 0 Å².